The van der Waals surface area contributed by atoms with Crippen LogP contribution in [0.4, 0.5) is 10.5 Å². The molecule has 0 atom stereocenters. The van der Waals surface area contributed by atoms with Gasteiger partial charge in [-0.3, -0.25) is 9.79 Å². The molecule has 3 aromatic rings. The van der Waals surface area contributed by atoms with Crippen molar-refractivity contribution in [2.75, 3.05) is 31.6 Å². The summed E-state index contributed by atoms with van der Waals surface area (Å²) in [5, 5.41) is 9.06. The number of hydrogen-bond acceptors (Lipinski definition) is 7. The van der Waals surface area contributed by atoms with Crippen LogP contribution >= 0.6 is 0 Å². The van der Waals surface area contributed by atoms with Crippen LogP contribution in [0.25, 0.3) is 11.1 Å². The summed E-state index contributed by atoms with van der Waals surface area (Å²) in [5.41, 5.74) is 19.7. The van der Waals surface area contributed by atoms with Crippen LogP contribution in [0.5, 0.6) is 5.75 Å². The average molecular weight is 636 g/mol. The van der Waals surface area contributed by atoms with Gasteiger partial charge in [-0.25, -0.2) is 9.78 Å². The number of carbonyl (C=O) groups excluding carboxylic acids is 1. The Hall–Kier alpha value is -4.42. The summed E-state index contributed by atoms with van der Waals surface area (Å²) in [4.78, 5) is 35.5. The molecule has 0 aliphatic rings. The van der Waals surface area contributed by atoms with Gasteiger partial charge < -0.3 is 42.9 Å². The van der Waals surface area contributed by atoms with E-state index in [1.165, 1.54) is 0 Å². The molecule has 12 nitrogen and oxygen atoms in total. The largest absolute Gasteiger partial charge is 0.491 e. The number of aryl methyl sites for hydroxylation is 1. The van der Waals surface area contributed by atoms with Gasteiger partial charge >= 0.3 is 6.03 Å². The van der Waals surface area contributed by atoms with Crippen LogP contribution in [-0.4, -0.2) is 53.7 Å². The molecule has 2 amide bonds. The van der Waals surface area contributed by atoms with Crippen molar-refractivity contribution in [1.29, 1.82) is 0 Å². The van der Waals surface area contributed by atoms with Crippen LogP contribution in [0.3, 0.4) is 0 Å². The zero-order valence-corrected chi connectivity index (χ0v) is 28.4. The van der Waals surface area contributed by atoms with Crippen molar-refractivity contribution in [2.45, 2.75) is 78.8 Å². The minimum absolute atomic E-state index is 0.115. The van der Waals surface area contributed by atoms with Crippen molar-refractivity contribution < 1.29 is 9.53 Å². The molecule has 252 valence electrons. The molecule has 0 aliphatic heterocycles. The first-order chi connectivity index (χ1) is 21.6. The predicted molar refractivity (Wildman–Crippen MR) is 188 cm³/mol. The number of hydrogen-bond donors (Lipinski definition) is 7. The summed E-state index contributed by atoms with van der Waals surface area (Å²) in [6, 6.07) is 13.3. The average Bonchev–Trinajstić information content (AvgIpc) is 2.96. The van der Waals surface area contributed by atoms with Crippen LogP contribution in [0.15, 0.2) is 58.4 Å². The minimum atomic E-state index is -0.284. The smallest absolute Gasteiger partial charge is 0.319 e. The number of guanidine groups is 1. The Morgan fingerprint density at radius 1 is 1.02 bits per heavy atom. The van der Waals surface area contributed by atoms with E-state index in [1.54, 1.807) is 6.20 Å². The molecular formula is C34H53N9O3. The van der Waals surface area contributed by atoms with Gasteiger partial charge in [0.15, 0.2) is 5.96 Å². The first kappa shape index (κ1) is 37.8. The fourth-order valence-corrected chi connectivity index (χ4v) is 4.10. The number of para-hydroxylation sites is 1. The number of urea groups is 1. The van der Waals surface area contributed by atoms with E-state index in [2.05, 4.69) is 30.9 Å². The maximum absolute atomic E-state index is 12.4. The van der Waals surface area contributed by atoms with E-state index in [0.717, 1.165) is 42.6 Å². The lowest BCUT2D eigenvalue weighted by molar-refractivity contribution is 0.243. The summed E-state index contributed by atoms with van der Waals surface area (Å²) >= 11 is 0. The molecule has 0 spiro atoms. The molecule has 46 heavy (non-hydrogen) atoms. The standard InChI is InChI=1S/C19H28N6O.C15H25N3O2/c1-19(2,3)17-24-12-15(16(26)25-17)14-7-5-13(6-8-14)11-22-9-4-10-23-18(20)21;1-11-7-5-8-12(20-10-6-9-16)13(11)17-14(19)18-15(2,3)4/h5-8,12,22H,4,9-11H2,1-3H3,(H4,20,21,23)(H,24,25,26);5,7-8H,6,9-10,16H2,1-4H3,(H2,17,18,19). The Morgan fingerprint density at radius 3 is 2.30 bits per heavy atom. The number of aromatic amines is 1. The molecule has 12 heteroatoms. The molecule has 1 heterocycles. The lowest BCUT2D eigenvalue weighted by Gasteiger charge is -2.22. The molecule has 0 saturated carbocycles. The number of anilines is 1. The van der Waals surface area contributed by atoms with Gasteiger partial charge in [0.25, 0.3) is 5.56 Å². The van der Waals surface area contributed by atoms with E-state index >= 15 is 0 Å². The highest BCUT2D eigenvalue weighted by Gasteiger charge is 2.18. The van der Waals surface area contributed by atoms with E-state index < -0.39 is 0 Å². The Kier molecular flexibility index (Phi) is 14.7. The van der Waals surface area contributed by atoms with Crippen molar-refractivity contribution in [1.82, 2.24) is 20.6 Å². The zero-order valence-electron chi connectivity index (χ0n) is 28.4. The molecule has 0 aliphatic carbocycles. The highest BCUT2D eigenvalue weighted by Crippen LogP contribution is 2.28. The molecule has 0 saturated heterocycles. The topological polar surface area (TPSA) is 199 Å². The summed E-state index contributed by atoms with van der Waals surface area (Å²) in [6.07, 6.45) is 3.30. The highest BCUT2D eigenvalue weighted by molar-refractivity contribution is 5.92. The fourth-order valence-electron chi connectivity index (χ4n) is 4.10. The predicted octanol–water partition coefficient (Wildman–Crippen LogP) is 4.13. The number of carbonyl (C=O) groups is 1. The first-order valence-electron chi connectivity index (χ1n) is 15.6. The van der Waals surface area contributed by atoms with Gasteiger partial charge in [-0.1, -0.05) is 57.2 Å². The molecule has 2 aromatic carbocycles. The van der Waals surface area contributed by atoms with Crippen molar-refractivity contribution in [3.05, 3.63) is 76.0 Å². The molecular weight excluding hydrogens is 582 g/mol. The van der Waals surface area contributed by atoms with Crippen molar-refractivity contribution >= 4 is 17.7 Å². The molecule has 1 aromatic heterocycles. The molecule has 0 fully saturated rings. The van der Waals surface area contributed by atoms with Gasteiger partial charge in [0.2, 0.25) is 0 Å². The third-order valence-corrected chi connectivity index (χ3v) is 6.48. The van der Waals surface area contributed by atoms with Crippen LogP contribution in [-0.2, 0) is 12.0 Å². The van der Waals surface area contributed by atoms with E-state index in [1.807, 2.05) is 90.9 Å². The number of H-pyrrole nitrogens is 1. The van der Waals surface area contributed by atoms with E-state index in [4.69, 9.17) is 21.9 Å². The molecule has 3 rings (SSSR count). The number of benzene rings is 2. The molecule has 0 unspecified atom stereocenters. The SMILES string of the molecule is CC(C)(C)c1ncc(-c2ccc(CNCCCN=C(N)N)cc2)c(=O)[nH]1.Cc1cccc(OCCCN)c1NC(=O)NC(C)(C)C. The summed E-state index contributed by atoms with van der Waals surface area (Å²) < 4.78 is 5.67. The summed E-state index contributed by atoms with van der Waals surface area (Å²) in [7, 11) is 0. The number of aromatic nitrogens is 2. The van der Waals surface area contributed by atoms with Crippen molar-refractivity contribution in [3.8, 4) is 16.9 Å². The number of amides is 2. The van der Waals surface area contributed by atoms with Crippen LogP contribution < -0.4 is 43.4 Å². The third-order valence-electron chi connectivity index (χ3n) is 6.48. The number of nitrogens with two attached hydrogens (primary N) is 3. The maximum atomic E-state index is 12.4. The molecule has 0 bridgehead atoms. The zero-order chi connectivity index (χ0) is 34.3. The van der Waals surface area contributed by atoms with Crippen molar-refractivity contribution in [3.63, 3.8) is 0 Å². The lowest BCUT2D eigenvalue weighted by Crippen LogP contribution is -2.43. The van der Waals surface area contributed by atoms with E-state index in [-0.39, 0.29) is 28.5 Å². The summed E-state index contributed by atoms with van der Waals surface area (Å²) in [5.74, 6) is 1.48. The Labute approximate surface area is 273 Å². The number of aliphatic imine (C=N–C) groups is 1. The quantitative estimate of drug-likeness (QED) is 0.0875. The summed E-state index contributed by atoms with van der Waals surface area (Å²) in [6.45, 7) is 17.1. The monoisotopic (exact) mass is 635 g/mol. The second-order valence-corrected chi connectivity index (χ2v) is 13.0. The Morgan fingerprint density at radius 2 is 1.72 bits per heavy atom. The van der Waals surface area contributed by atoms with Gasteiger partial charge in [0.05, 0.1) is 17.9 Å². The van der Waals surface area contributed by atoms with Gasteiger partial charge in [-0.15, -0.1) is 0 Å². The lowest BCUT2D eigenvalue weighted by atomic mass is 9.95. The van der Waals surface area contributed by atoms with Crippen LogP contribution in [0, 0.1) is 6.92 Å². The number of nitrogens with one attached hydrogen (secondary N) is 4. The van der Waals surface area contributed by atoms with Gasteiger partial charge in [0.1, 0.15) is 11.6 Å². The van der Waals surface area contributed by atoms with Crippen LogP contribution in [0.1, 0.15) is 71.3 Å². The Bertz CT molecular complexity index is 1470. The van der Waals surface area contributed by atoms with Crippen LogP contribution in [0.2, 0.25) is 0 Å². The maximum Gasteiger partial charge on any atom is 0.319 e. The first-order valence-corrected chi connectivity index (χ1v) is 15.6. The van der Waals surface area contributed by atoms with E-state index in [9.17, 15) is 9.59 Å². The van der Waals surface area contributed by atoms with E-state index in [0.29, 0.717) is 42.5 Å². The number of nitrogens with zero attached hydrogens (tertiary/aromatic N) is 2. The fraction of sp³-hybridized carbons (Fsp3) is 0.471. The highest BCUT2D eigenvalue weighted by atomic mass is 16.5. The van der Waals surface area contributed by atoms with Gasteiger partial charge in [0, 0.05) is 30.2 Å². The Balaban J connectivity index is 0.000000332. The normalized spacial score (nSPS) is 11.2. The molecule has 10 N–H and O–H groups in total. The number of rotatable bonds is 12. The molecule has 0 radical (unpaired) electrons. The third kappa shape index (κ3) is 13.7. The second kappa shape index (κ2) is 17.9. The van der Waals surface area contributed by atoms with Gasteiger partial charge in [-0.2, -0.15) is 0 Å². The van der Waals surface area contributed by atoms with Crippen molar-refractivity contribution in [2.24, 2.45) is 22.2 Å². The van der Waals surface area contributed by atoms with Gasteiger partial charge in [-0.05, 0) is 76.4 Å². The number of ether oxygens (including phenoxy) is 1. The minimum Gasteiger partial charge on any atom is -0.491 e. The second-order valence-electron chi connectivity index (χ2n) is 13.0.